The minimum Gasteiger partial charge on any atom is -0.508 e. The van der Waals surface area contributed by atoms with Gasteiger partial charge in [-0.05, 0) is 60.6 Å². The first-order valence-electron chi connectivity index (χ1n) is 6.49. The van der Waals surface area contributed by atoms with Crippen molar-refractivity contribution in [3.8, 4) is 5.75 Å². The van der Waals surface area contributed by atoms with Crippen LogP contribution in [-0.2, 0) is 6.42 Å². The summed E-state index contributed by atoms with van der Waals surface area (Å²) in [5, 5.41) is 13.4. The van der Waals surface area contributed by atoms with Crippen molar-refractivity contribution in [2.75, 3.05) is 11.6 Å². The van der Waals surface area contributed by atoms with Gasteiger partial charge < -0.3 is 10.4 Å². The lowest BCUT2D eigenvalue weighted by Gasteiger charge is -2.16. The predicted molar refractivity (Wildman–Crippen MR) is 81.0 cm³/mol. The fourth-order valence-electron chi connectivity index (χ4n) is 2.67. The summed E-state index contributed by atoms with van der Waals surface area (Å²) in [6.45, 7) is 0. The summed E-state index contributed by atoms with van der Waals surface area (Å²) in [6.07, 6.45) is 4.07. The number of nitrogens with one attached hydrogen (secondary N) is 1. The van der Waals surface area contributed by atoms with Crippen LogP contribution in [0.1, 0.15) is 23.6 Å². The normalized spacial score (nSPS) is 17.2. The van der Waals surface area contributed by atoms with Gasteiger partial charge in [-0.1, -0.05) is 12.1 Å². The molecule has 0 bridgehead atoms. The standard InChI is InChI=1S/C16H17NOS/c1-19-12-7-5-11(6-8-12)17-15-10-9-14-13(15)3-2-4-16(14)18/h2-8,15,17-18H,9-10H2,1H3. The quantitative estimate of drug-likeness (QED) is 0.820. The molecule has 98 valence electrons. The Balaban J connectivity index is 1.80. The molecule has 1 aliphatic carbocycles. The molecule has 2 nitrogen and oxygen atoms in total. The number of fused-ring (bicyclic) bond motifs is 1. The summed E-state index contributed by atoms with van der Waals surface area (Å²) in [5.41, 5.74) is 3.47. The molecule has 0 saturated heterocycles. The van der Waals surface area contributed by atoms with Gasteiger partial charge in [-0.15, -0.1) is 11.8 Å². The molecule has 1 unspecified atom stereocenters. The van der Waals surface area contributed by atoms with Crippen LogP contribution in [0.2, 0.25) is 0 Å². The van der Waals surface area contributed by atoms with E-state index in [9.17, 15) is 5.11 Å². The van der Waals surface area contributed by atoms with Crippen LogP contribution in [-0.4, -0.2) is 11.4 Å². The maximum atomic E-state index is 9.85. The Morgan fingerprint density at radius 3 is 2.68 bits per heavy atom. The van der Waals surface area contributed by atoms with Crippen molar-refractivity contribution in [1.29, 1.82) is 0 Å². The van der Waals surface area contributed by atoms with Gasteiger partial charge in [0.15, 0.2) is 0 Å². The van der Waals surface area contributed by atoms with E-state index in [0.29, 0.717) is 11.8 Å². The van der Waals surface area contributed by atoms with E-state index in [0.717, 1.165) is 24.1 Å². The molecule has 2 N–H and O–H groups in total. The first-order valence-corrected chi connectivity index (χ1v) is 7.72. The summed E-state index contributed by atoms with van der Waals surface area (Å²) in [7, 11) is 0. The molecule has 2 aromatic rings. The van der Waals surface area contributed by atoms with Crippen molar-refractivity contribution >= 4 is 17.4 Å². The highest BCUT2D eigenvalue weighted by Gasteiger charge is 2.24. The van der Waals surface area contributed by atoms with Gasteiger partial charge in [-0.25, -0.2) is 0 Å². The van der Waals surface area contributed by atoms with Gasteiger partial charge in [0.25, 0.3) is 0 Å². The van der Waals surface area contributed by atoms with Crippen LogP contribution >= 0.6 is 11.8 Å². The first-order chi connectivity index (χ1) is 9.28. The smallest absolute Gasteiger partial charge is 0.119 e. The number of benzene rings is 2. The molecule has 2 aromatic carbocycles. The summed E-state index contributed by atoms with van der Waals surface area (Å²) in [6, 6.07) is 14.6. The van der Waals surface area contributed by atoms with E-state index in [-0.39, 0.29) is 0 Å². The van der Waals surface area contributed by atoms with Crippen molar-refractivity contribution in [1.82, 2.24) is 0 Å². The monoisotopic (exact) mass is 271 g/mol. The second kappa shape index (κ2) is 5.17. The second-order valence-electron chi connectivity index (χ2n) is 4.81. The number of phenolic OH excluding ortho intramolecular Hbond substituents is 1. The topological polar surface area (TPSA) is 32.3 Å². The highest BCUT2D eigenvalue weighted by Crippen LogP contribution is 2.38. The van der Waals surface area contributed by atoms with Crippen LogP contribution in [0.4, 0.5) is 5.69 Å². The molecule has 1 aliphatic rings. The zero-order chi connectivity index (χ0) is 13.2. The third-order valence-electron chi connectivity index (χ3n) is 3.68. The fraction of sp³-hybridized carbons (Fsp3) is 0.250. The van der Waals surface area contributed by atoms with E-state index >= 15 is 0 Å². The van der Waals surface area contributed by atoms with Crippen molar-refractivity contribution in [2.24, 2.45) is 0 Å². The van der Waals surface area contributed by atoms with Crippen molar-refractivity contribution < 1.29 is 5.11 Å². The van der Waals surface area contributed by atoms with Gasteiger partial charge >= 0.3 is 0 Å². The van der Waals surface area contributed by atoms with Gasteiger partial charge in [-0.3, -0.25) is 0 Å². The van der Waals surface area contributed by atoms with Gasteiger partial charge in [0.1, 0.15) is 5.75 Å². The Morgan fingerprint density at radius 2 is 1.95 bits per heavy atom. The summed E-state index contributed by atoms with van der Waals surface area (Å²) in [5.74, 6) is 0.430. The molecule has 0 aromatic heterocycles. The Kier molecular flexibility index (Phi) is 3.38. The van der Waals surface area contributed by atoms with Crippen LogP contribution in [0.3, 0.4) is 0 Å². The number of phenols is 1. The van der Waals surface area contributed by atoms with E-state index in [1.54, 1.807) is 17.8 Å². The van der Waals surface area contributed by atoms with Crippen LogP contribution in [0.5, 0.6) is 5.75 Å². The number of hydrogen-bond donors (Lipinski definition) is 2. The summed E-state index contributed by atoms with van der Waals surface area (Å²) < 4.78 is 0. The highest BCUT2D eigenvalue weighted by atomic mass is 32.2. The average molecular weight is 271 g/mol. The third-order valence-corrected chi connectivity index (χ3v) is 4.42. The number of thioether (sulfide) groups is 1. The lowest BCUT2D eigenvalue weighted by Crippen LogP contribution is -2.06. The minimum absolute atomic E-state index is 0.308. The average Bonchev–Trinajstić information content (AvgIpc) is 2.84. The zero-order valence-electron chi connectivity index (χ0n) is 10.9. The highest BCUT2D eigenvalue weighted by molar-refractivity contribution is 7.98. The SMILES string of the molecule is CSc1ccc(NC2CCc3c(O)cccc32)cc1. The van der Waals surface area contributed by atoms with E-state index in [4.69, 9.17) is 0 Å². The molecule has 3 rings (SSSR count). The summed E-state index contributed by atoms with van der Waals surface area (Å²) in [4.78, 5) is 1.27. The Hall–Kier alpha value is -1.61. The fourth-order valence-corrected chi connectivity index (χ4v) is 3.08. The van der Waals surface area contributed by atoms with Crippen LogP contribution in [0.25, 0.3) is 0 Å². The third kappa shape index (κ3) is 2.43. The van der Waals surface area contributed by atoms with E-state index < -0.39 is 0 Å². The lowest BCUT2D eigenvalue weighted by atomic mass is 10.1. The summed E-state index contributed by atoms with van der Waals surface area (Å²) >= 11 is 1.75. The van der Waals surface area contributed by atoms with Crippen LogP contribution < -0.4 is 5.32 Å². The Morgan fingerprint density at radius 1 is 1.16 bits per heavy atom. The lowest BCUT2D eigenvalue weighted by molar-refractivity contribution is 0.469. The van der Waals surface area contributed by atoms with Gasteiger partial charge in [0, 0.05) is 10.6 Å². The second-order valence-corrected chi connectivity index (χ2v) is 5.69. The predicted octanol–water partition coefficient (Wildman–Crippen LogP) is 4.21. The molecular formula is C16H17NOS. The number of anilines is 1. The largest absolute Gasteiger partial charge is 0.508 e. The maximum Gasteiger partial charge on any atom is 0.119 e. The van der Waals surface area contributed by atoms with E-state index in [2.05, 4.69) is 41.9 Å². The van der Waals surface area contributed by atoms with E-state index in [1.165, 1.54) is 10.5 Å². The molecule has 0 saturated carbocycles. The Bertz CT molecular complexity index is 580. The molecule has 0 radical (unpaired) electrons. The first kappa shape index (κ1) is 12.4. The van der Waals surface area contributed by atoms with Crippen molar-refractivity contribution in [3.63, 3.8) is 0 Å². The molecule has 0 spiro atoms. The Labute approximate surface area is 117 Å². The number of aromatic hydroxyl groups is 1. The van der Waals surface area contributed by atoms with Crippen molar-refractivity contribution in [2.45, 2.75) is 23.8 Å². The van der Waals surface area contributed by atoms with Crippen LogP contribution in [0.15, 0.2) is 47.4 Å². The molecular weight excluding hydrogens is 254 g/mol. The maximum absolute atomic E-state index is 9.85. The van der Waals surface area contributed by atoms with Crippen LogP contribution in [0, 0.1) is 0 Å². The van der Waals surface area contributed by atoms with Crippen molar-refractivity contribution in [3.05, 3.63) is 53.6 Å². The zero-order valence-corrected chi connectivity index (χ0v) is 11.7. The molecule has 1 atom stereocenters. The molecule has 0 aliphatic heterocycles. The molecule has 0 amide bonds. The molecule has 3 heteroatoms. The van der Waals surface area contributed by atoms with Gasteiger partial charge in [0.05, 0.1) is 6.04 Å². The molecule has 0 heterocycles. The van der Waals surface area contributed by atoms with Gasteiger partial charge in [-0.2, -0.15) is 0 Å². The number of hydrogen-bond acceptors (Lipinski definition) is 3. The van der Waals surface area contributed by atoms with E-state index in [1.807, 2.05) is 6.07 Å². The molecule has 0 fully saturated rings. The minimum atomic E-state index is 0.308. The number of rotatable bonds is 3. The molecule has 19 heavy (non-hydrogen) atoms. The van der Waals surface area contributed by atoms with Gasteiger partial charge in [0.2, 0.25) is 0 Å².